The summed E-state index contributed by atoms with van der Waals surface area (Å²) in [4.78, 5) is 22.3. The third-order valence-electron chi connectivity index (χ3n) is 2.61. The molecule has 2 aromatic carbocycles. The number of aromatic hydroxyl groups is 1. The Morgan fingerprint density at radius 3 is 2.52 bits per heavy atom. The molecule has 2 rings (SSSR count). The van der Waals surface area contributed by atoms with Gasteiger partial charge in [-0.15, -0.1) is 0 Å². The first-order valence-electron chi connectivity index (χ1n) is 5.62. The predicted octanol–water partition coefficient (Wildman–Crippen LogP) is 3.86. The smallest absolute Gasteiger partial charge is 0.283 e. The Morgan fingerprint density at radius 1 is 1.19 bits per heavy atom. The Labute approximate surface area is 129 Å². The highest BCUT2D eigenvalue weighted by atomic mass is 35.5. The van der Waals surface area contributed by atoms with E-state index in [1.165, 1.54) is 30.3 Å². The average Bonchev–Trinajstić information content (AvgIpc) is 2.42. The van der Waals surface area contributed by atoms with Crippen molar-refractivity contribution in [3.63, 3.8) is 0 Å². The molecule has 0 aliphatic heterocycles. The van der Waals surface area contributed by atoms with Crippen LogP contribution in [0.15, 0.2) is 36.4 Å². The predicted molar refractivity (Wildman–Crippen MR) is 79.2 cm³/mol. The van der Waals surface area contributed by atoms with E-state index in [9.17, 15) is 20.0 Å². The SMILES string of the molecule is O=C(Nc1ccc(Cl)c(O)c1)c1ccc(Cl)cc1[N+](=O)[O-]. The summed E-state index contributed by atoms with van der Waals surface area (Å²) in [7, 11) is 0. The molecule has 0 bridgehead atoms. The Balaban J connectivity index is 2.32. The van der Waals surface area contributed by atoms with Crippen LogP contribution in [0.2, 0.25) is 10.0 Å². The second-order valence-corrected chi connectivity index (χ2v) is 4.88. The first-order valence-corrected chi connectivity index (χ1v) is 6.38. The van der Waals surface area contributed by atoms with Crippen LogP contribution in [0.1, 0.15) is 10.4 Å². The molecule has 0 atom stereocenters. The number of halogens is 2. The summed E-state index contributed by atoms with van der Waals surface area (Å²) in [5.74, 6) is -0.903. The van der Waals surface area contributed by atoms with E-state index >= 15 is 0 Å². The summed E-state index contributed by atoms with van der Waals surface area (Å²) in [6.07, 6.45) is 0. The molecular formula is C13H8Cl2N2O4. The van der Waals surface area contributed by atoms with Gasteiger partial charge in [-0.3, -0.25) is 14.9 Å². The lowest BCUT2D eigenvalue weighted by molar-refractivity contribution is -0.385. The van der Waals surface area contributed by atoms with Crippen molar-refractivity contribution in [2.45, 2.75) is 0 Å². The Morgan fingerprint density at radius 2 is 1.90 bits per heavy atom. The number of phenolic OH excluding ortho intramolecular Hbond substituents is 1. The van der Waals surface area contributed by atoms with Gasteiger partial charge in [-0.1, -0.05) is 23.2 Å². The summed E-state index contributed by atoms with van der Waals surface area (Å²) in [6.45, 7) is 0. The fraction of sp³-hybridized carbons (Fsp3) is 0. The highest BCUT2D eigenvalue weighted by molar-refractivity contribution is 6.32. The van der Waals surface area contributed by atoms with Crippen LogP contribution in [-0.4, -0.2) is 15.9 Å². The molecule has 0 unspecified atom stereocenters. The van der Waals surface area contributed by atoms with Crippen molar-refractivity contribution in [2.24, 2.45) is 0 Å². The average molecular weight is 327 g/mol. The monoisotopic (exact) mass is 326 g/mol. The summed E-state index contributed by atoms with van der Waals surface area (Å²) in [5.41, 5.74) is -0.289. The number of nitrogens with zero attached hydrogens (tertiary/aromatic N) is 1. The second kappa shape index (κ2) is 5.99. The van der Waals surface area contributed by atoms with Crippen molar-refractivity contribution in [1.82, 2.24) is 0 Å². The first kappa shape index (κ1) is 15.1. The molecule has 8 heteroatoms. The van der Waals surface area contributed by atoms with Crippen molar-refractivity contribution in [2.75, 3.05) is 5.32 Å². The minimum Gasteiger partial charge on any atom is -0.506 e. The van der Waals surface area contributed by atoms with Gasteiger partial charge in [0.05, 0.1) is 9.95 Å². The lowest BCUT2D eigenvalue weighted by Crippen LogP contribution is -2.13. The number of nitrogens with one attached hydrogen (secondary N) is 1. The van der Waals surface area contributed by atoms with Crippen LogP contribution >= 0.6 is 23.2 Å². The van der Waals surface area contributed by atoms with Crippen LogP contribution in [0.3, 0.4) is 0 Å². The maximum absolute atomic E-state index is 12.1. The molecule has 0 aromatic heterocycles. The summed E-state index contributed by atoms with van der Waals surface area (Å²) in [6, 6.07) is 7.82. The van der Waals surface area contributed by atoms with Gasteiger partial charge in [0.15, 0.2) is 0 Å². The maximum atomic E-state index is 12.1. The Bertz CT molecular complexity index is 734. The largest absolute Gasteiger partial charge is 0.506 e. The van der Waals surface area contributed by atoms with Gasteiger partial charge >= 0.3 is 0 Å². The van der Waals surface area contributed by atoms with Gasteiger partial charge in [0.25, 0.3) is 11.6 Å². The molecule has 2 aromatic rings. The third kappa shape index (κ3) is 3.42. The number of carbonyl (C=O) groups is 1. The second-order valence-electron chi connectivity index (χ2n) is 4.04. The van der Waals surface area contributed by atoms with E-state index in [4.69, 9.17) is 23.2 Å². The fourth-order valence-corrected chi connectivity index (χ4v) is 1.92. The molecule has 21 heavy (non-hydrogen) atoms. The number of amides is 1. The number of carbonyl (C=O) groups excluding carboxylic acids is 1. The first-order chi connectivity index (χ1) is 9.88. The van der Waals surface area contributed by atoms with Crippen LogP contribution in [0.5, 0.6) is 5.75 Å². The van der Waals surface area contributed by atoms with Crippen molar-refractivity contribution in [3.8, 4) is 5.75 Å². The van der Waals surface area contributed by atoms with Gasteiger partial charge in [0.2, 0.25) is 0 Å². The topological polar surface area (TPSA) is 92.5 Å². The number of nitro groups is 1. The van der Waals surface area contributed by atoms with E-state index in [-0.39, 0.29) is 27.0 Å². The number of hydrogen-bond acceptors (Lipinski definition) is 4. The highest BCUT2D eigenvalue weighted by Crippen LogP contribution is 2.28. The standard InChI is InChI=1S/C13H8Cl2N2O4/c14-7-1-3-9(11(5-7)17(20)21)13(19)16-8-2-4-10(15)12(18)6-8/h1-6,18H,(H,16,19). The zero-order valence-electron chi connectivity index (χ0n) is 10.3. The van der Waals surface area contributed by atoms with Crippen molar-refractivity contribution in [3.05, 3.63) is 62.1 Å². The van der Waals surface area contributed by atoms with E-state index in [0.717, 1.165) is 6.07 Å². The third-order valence-corrected chi connectivity index (χ3v) is 3.16. The van der Waals surface area contributed by atoms with Crippen LogP contribution in [0.4, 0.5) is 11.4 Å². The summed E-state index contributed by atoms with van der Waals surface area (Å²) >= 11 is 11.3. The van der Waals surface area contributed by atoms with E-state index in [2.05, 4.69) is 5.32 Å². The number of rotatable bonds is 3. The lowest BCUT2D eigenvalue weighted by Gasteiger charge is -2.07. The van der Waals surface area contributed by atoms with Gasteiger partial charge in [0, 0.05) is 22.8 Å². The molecule has 0 saturated heterocycles. The van der Waals surface area contributed by atoms with E-state index in [1.54, 1.807) is 0 Å². The summed E-state index contributed by atoms with van der Waals surface area (Å²) < 4.78 is 0. The number of anilines is 1. The van der Waals surface area contributed by atoms with Crippen LogP contribution in [0.25, 0.3) is 0 Å². The summed E-state index contributed by atoms with van der Waals surface area (Å²) in [5, 5.41) is 23.1. The van der Waals surface area contributed by atoms with E-state index < -0.39 is 16.5 Å². The number of hydrogen-bond donors (Lipinski definition) is 2. The van der Waals surface area contributed by atoms with Gasteiger partial charge in [-0.2, -0.15) is 0 Å². The molecule has 0 saturated carbocycles. The zero-order valence-corrected chi connectivity index (χ0v) is 11.9. The van der Waals surface area contributed by atoms with Crippen LogP contribution < -0.4 is 5.32 Å². The molecule has 6 nitrogen and oxygen atoms in total. The molecule has 108 valence electrons. The van der Waals surface area contributed by atoms with E-state index in [0.29, 0.717) is 0 Å². The number of phenols is 1. The molecule has 0 fully saturated rings. The molecule has 2 N–H and O–H groups in total. The number of nitro benzene ring substituents is 1. The van der Waals surface area contributed by atoms with E-state index in [1.807, 2.05) is 0 Å². The Hall–Kier alpha value is -2.31. The minimum atomic E-state index is -0.694. The molecular weight excluding hydrogens is 319 g/mol. The van der Waals surface area contributed by atoms with Crippen molar-refractivity contribution in [1.29, 1.82) is 0 Å². The van der Waals surface area contributed by atoms with Gasteiger partial charge in [-0.25, -0.2) is 0 Å². The normalized spacial score (nSPS) is 10.2. The maximum Gasteiger partial charge on any atom is 0.283 e. The van der Waals surface area contributed by atoms with Gasteiger partial charge in [0.1, 0.15) is 11.3 Å². The zero-order chi connectivity index (χ0) is 15.6. The van der Waals surface area contributed by atoms with Crippen LogP contribution in [0, 0.1) is 10.1 Å². The minimum absolute atomic E-state index is 0.130. The highest BCUT2D eigenvalue weighted by Gasteiger charge is 2.20. The van der Waals surface area contributed by atoms with Crippen molar-refractivity contribution < 1.29 is 14.8 Å². The molecule has 1 amide bonds. The Kier molecular flexibility index (Phi) is 4.30. The van der Waals surface area contributed by atoms with Crippen molar-refractivity contribution >= 4 is 40.5 Å². The van der Waals surface area contributed by atoms with Crippen LogP contribution in [-0.2, 0) is 0 Å². The molecule has 0 heterocycles. The fourth-order valence-electron chi connectivity index (χ4n) is 1.64. The molecule has 0 aliphatic carbocycles. The lowest BCUT2D eigenvalue weighted by atomic mass is 10.1. The number of benzene rings is 2. The molecule has 0 radical (unpaired) electrons. The van der Waals surface area contributed by atoms with Gasteiger partial charge < -0.3 is 10.4 Å². The quantitative estimate of drug-likeness (QED) is 0.661. The van der Waals surface area contributed by atoms with Gasteiger partial charge in [-0.05, 0) is 24.3 Å². The molecule has 0 spiro atoms. The molecule has 0 aliphatic rings.